The second-order valence-electron chi connectivity index (χ2n) is 3.05. The second kappa shape index (κ2) is 3.59. The van der Waals surface area contributed by atoms with Crippen molar-refractivity contribution in [1.82, 2.24) is 4.98 Å². The standard InChI is InChI=1S/C8H12N2OS2/c1-13(2,12)7-3-6(8(9)11)4-10-5-7/h3-5,12H,1-2H3,(H2,9,11). The fraction of sp³-hybridized carbons (Fsp3) is 0.250. The number of carbonyl (C=O) groups excluding carboxylic acids is 1. The van der Waals surface area contributed by atoms with E-state index in [0.29, 0.717) is 5.56 Å². The van der Waals surface area contributed by atoms with Crippen molar-refractivity contribution in [2.24, 2.45) is 5.73 Å². The van der Waals surface area contributed by atoms with Gasteiger partial charge in [-0.1, -0.05) is 0 Å². The van der Waals surface area contributed by atoms with Crippen molar-refractivity contribution in [3.05, 3.63) is 24.0 Å². The van der Waals surface area contributed by atoms with E-state index in [2.05, 4.69) is 16.6 Å². The molecule has 72 valence electrons. The molecule has 13 heavy (non-hydrogen) atoms. The highest BCUT2D eigenvalue weighted by Crippen LogP contribution is 2.52. The van der Waals surface area contributed by atoms with E-state index in [0.717, 1.165) is 4.90 Å². The Hall–Kier alpha value is -0.680. The van der Waals surface area contributed by atoms with Gasteiger partial charge < -0.3 is 5.73 Å². The molecule has 1 rings (SSSR count). The topological polar surface area (TPSA) is 56.0 Å². The van der Waals surface area contributed by atoms with E-state index in [1.807, 2.05) is 12.5 Å². The highest BCUT2D eigenvalue weighted by Gasteiger charge is 2.11. The van der Waals surface area contributed by atoms with Crippen LogP contribution in [0.4, 0.5) is 0 Å². The van der Waals surface area contributed by atoms with Gasteiger partial charge in [0.2, 0.25) is 5.91 Å². The van der Waals surface area contributed by atoms with Crippen LogP contribution in [0.2, 0.25) is 0 Å². The Labute approximate surface area is 83.9 Å². The van der Waals surface area contributed by atoms with Crippen molar-refractivity contribution in [2.75, 3.05) is 12.5 Å². The fourth-order valence-electron chi connectivity index (χ4n) is 0.827. The summed E-state index contributed by atoms with van der Waals surface area (Å²) in [6.45, 7) is 0. The maximum atomic E-state index is 10.8. The van der Waals surface area contributed by atoms with Crippen molar-refractivity contribution < 1.29 is 4.79 Å². The molecule has 0 atom stereocenters. The molecule has 1 heterocycles. The number of nitrogens with zero attached hydrogens (tertiary/aromatic N) is 1. The number of pyridine rings is 1. The molecule has 0 unspecified atom stereocenters. The Balaban J connectivity index is 3.13. The molecule has 0 spiro atoms. The first-order valence-corrected chi connectivity index (χ1v) is 7.12. The molecule has 0 bridgehead atoms. The van der Waals surface area contributed by atoms with Gasteiger partial charge in [-0.2, -0.15) is 9.06 Å². The molecule has 3 nitrogen and oxygen atoms in total. The van der Waals surface area contributed by atoms with Gasteiger partial charge in [0.25, 0.3) is 0 Å². The lowest BCUT2D eigenvalue weighted by Gasteiger charge is -2.23. The molecular formula is C8H12N2OS2. The zero-order valence-corrected chi connectivity index (χ0v) is 9.23. The van der Waals surface area contributed by atoms with Gasteiger partial charge in [-0.3, -0.25) is 9.78 Å². The van der Waals surface area contributed by atoms with Gasteiger partial charge in [0.05, 0.1) is 5.56 Å². The zero-order chi connectivity index (χ0) is 10.1. The van der Waals surface area contributed by atoms with Crippen molar-refractivity contribution >= 4 is 26.6 Å². The minimum Gasteiger partial charge on any atom is -0.366 e. The van der Waals surface area contributed by atoms with Crippen LogP contribution < -0.4 is 5.73 Å². The van der Waals surface area contributed by atoms with Gasteiger partial charge in [-0.25, -0.2) is 0 Å². The van der Waals surface area contributed by atoms with Gasteiger partial charge in [-0.05, 0) is 18.6 Å². The highest BCUT2D eigenvalue weighted by molar-refractivity contribution is 8.87. The summed E-state index contributed by atoms with van der Waals surface area (Å²) in [5, 5.41) is 0. The summed E-state index contributed by atoms with van der Waals surface area (Å²) >= 11 is 4.45. The number of carbonyl (C=O) groups is 1. The van der Waals surface area contributed by atoms with Gasteiger partial charge in [-0.15, -0.1) is 11.7 Å². The normalized spacial score (nSPS) is 12.5. The number of nitrogens with two attached hydrogens (primary N) is 1. The summed E-state index contributed by atoms with van der Waals surface area (Å²) in [4.78, 5) is 15.8. The summed E-state index contributed by atoms with van der Waals surface area (Å²) in [6.07, 6.45) is 7.20. The molecule has 1 aromatic rings. The Morgan fingerprint density at radius 1 is 1.54 bits per heavy atom. The van der Waals surface area contributed by atoms with Crippen LogP contribution in [0, 0.1) is 0 Å². The van der Waals surface area contributed by atoms with E-state index in [-0.39, 0.29) is 0 Å². The first kappa shape index (κ1) is 10.4. The first-order chi connectivity index (χ1) is 5.91. The van der Waals surface area contributed by atoms with Crippen LogP contribution in [0.15, 0.2) is 23.4 Å². The largest absolute Gasteiger partial charge is 0.366 e. The molecule has 0 aliphatic rings. The average molecular weight is 216 g/mol. The van der Waals surface area contributed by atoms with Gasteiger partial charge >= 0.3 is 0 Å². The molecule has 0 aliphatic carbocycles. The number of amides is 1. The van der Waals surface area contributed by atoms with Gasteiger partial charge in [0, 0.05) is 17.3 Å². The maximum Gasteiger partial charge on any atom is 0.250 e. The van der Waals surface area contributed by atoms with Crippen LogP contribution in [0.3, 0.4) is 0 Å². The summed E-state index contributed by atoms with van der Waals surface area (Å²) in [7, 11) is -1.13. The van der Waals surface area contributed by atoms with Crippen molar-refractivity contribution in [2.45, 2.75) is 4.90 Å². The van der Waals surface area contributed by atoms with Crippen molar-refractivity contribution in [1.29, 1.82) is 0 Å². The monoisotopic (exact) mass is 216 g/mol. The lowest BCUT2D eigenvalue weighted by atomic mass is 10.3. The molecule has 1 aromatic heterocycles. The number of hydrogen-bond donors (Lipinski definition) is 2. The summed E-state index contributed by atoms with van der Waals surface area (Å²) in [5.41, 5.74) is 5.57. The van der Waals surface area contributed by atoms with Gasteiger partial charge in [0.1, 0.15) is 0 Å². The first-order valence-electron chi connectivity index (χ1n) is 3.62. The third-order valence-electron chi connectivity index (χ3n) is 1.57. The molecule has 0 saturated heterocycles. The van der Waals surface area contributed by atoms with E-state index in [4.69, 9.17) is 5.73 Å². The molecule has 0 aliphatic heterocycles. The van der Waals surface area contributed by atoms with E-state index in [1.165, 1.54) is 6.20 Å². The Bertz CT molecular complexity index is 333. The molecule has 0 saturated carbocycles. The van der Waals surface area contributed by atoms with Crippen LogP contribution in [-0.4, -0.2) is 23.4 Å². The second-order valence-corrected chi connectivity index (χ2v) is 8.80. The SMILES string of the molecule is CS(C)(S)c1cncc(C(N)=O)c1. The van der Waals surface area contributed by atoms with Crippen LogP contribution >= 0.6 is 20.7 Å². The Morgan fingerprint density at radius 3 is 2.62 bits per heavy atom. The lowest BCUT2D eigenvalue weighted by molar-refractivity contribution is 0.0999. The smallest absolute Gasteiger partial charge is 0.250 e. The third kappa shape index (κ3) is 2.63. The quantitative estimate of drug-likeness (QED) is 0.580. The van der Waals surface area contributed by atoms with Gasteiger partial charge in [0.15, 0.2) is 0 Å². The highest BCUT2D eigenvalue weighted by atomic mass is 33.1. The van der Waals surface area contributed by atoms with E-state index >= 15 is 0 Å². The number of hydrogen-bond acceptors (Lipinski definition) is 3. The zero-order valence-electron chi connectivity index (χ0n) is 7.52. The van der Waals surface area contributed by atoms with Crippen molar-refractivity contribution in [3.8, 4) is 0 Å². The fourth-order valence-corrected chi connectivity index (χ4v) is 1.86. The molecule has 0 fully saturated rings. The minimum absolute atomic E-state index is 0.437. The Kier molecular flexibility index (Phi) is 2.87. The molecular weight excluding hydrogens is 204 g/mol. The molecule has 0 radical (unpaired) electrons. The number of thiol groups is 1. The average Bonchev–Trinajstić information content (AvgIpc) is 2.03. The minimum atomic E-state index is -1.13. The van der Waals surface area contributed by atoms with E-state index < -0.39 is 15.0 Å². The van der Waals surface area contributed by atoms with Crippen LogP contribution in [0.25, 0.3) is 0 Å². The number of rotatable bonds is 2. The van der Waals surface area contributed by atoms with E-state index in [9.17, 15) is 4.79 Å². The predicted octanol–water partition coefficient (Wildman–Crippen LogP) is 1.45. The maximum absolute atomic E-state index is 10.8. The number of primary amides is 1. The lowest BCUT2D eigenvalue weighted by Crippen LogP contribution is -2.11. The third-order valence-corrected chi connectivity index (χ3v) is 3.58. The molecule has 5 heteroatoms. The number of aromatic nitrogens is 1. The molecule has 1 amide bonds. The summed E-state index contributed by atoms with van der Waals surface area (Å²) in [5.74, 6) is -0.452. The summed E-state index contributed by atoms with van der Waals surface area (Å²) < 4.78 is 0. The van der Waals surface area contributed by atoms with E-state index in [1.54, 1.807) is 12.3 Å². The van der Waals surface area contributed by atoms with Crippen LogP contribution in [0.5, 0.6) is 0 Å². The van der Waals surface area contributed by atoms with Crippen molar-refractivity contribution in [3.63, 3.8) is 0 Å². The summed E-state index contributed by atoms with van der Waals surface area (Å²) in [6, 6.07) is 1.75. The molecule has 0 aromatic carbocycles. The molecule has 2 N–H and O–H groups in total. The van der Waals surface area contributed by atoms with Crippen LogP contribution in [0.1, 0.15) is 10.4 Å². The van der Waals surface area contributed by atoms with Crippen LogP contribution in [-0.2, 0) is 0 Å². The predicted molar refractivity (Wildman–Crippen MR) is 59.4 cm³/mol. The Morgan fingerprint density at radius 2 is 2.15 bits per heavy atom.